The Balaban J connectivity index is 1.37. The molecule has 0 spiro atoms. The number of rotatable bonds is 8. The minimum atomic E-state index is -0.119. The molecule has 1 unspecified atom stereocenters. The molecule has 1 atom stereocenters. The molecule has 1 aliphatic rings. The van der Waals surface area contributed by atoms with Gasteiger partial charge in [0, 0.05) is 30.3 Å². The average Bonchev–Trinajstić information content (AvgIpc) is 3.35. The monoisotopic (exact) mass is 766 g/mol. The number of aryl methyl sites for hydroxylation is 3. The molecule has 0 aliphatic heterocycles. The summed E-state index contributed by atoms with van der Waals surface area (Å²) in [5.41, 5.74) is 7.44. The third-order valence-corrected chi connectivity index (χ3v) is 7.10. The predicted octanol–water partition coefficient (Wildman–Crippen LogP) is 6.71. The van der Waals surface area contributed by atoms with Crippen LogP contribution in [0.1, 0.15) is 53.2 Å². The molecule has 1 fully saturated rings. The number of alkyl halides is 3. The molecule has 1 aliphatic carbocycles. The SMILES string of the molecule is CCc1cc(C)ccc1CC/N=C1\CC1c1cc(Nc2cc(C(I)(I)I)nc(C)n2)[nH]n1. The Labute approximate surface area is 229 Å². The molecule has 2 heterocycles. The van der Waals surface area contributed by atoms with Crippen LogP contribution in [-0.4, -0.2) is 32.4 Å². The van der Waals surface area contributed by atoms with Gasteiger partial charge in [-0.05, 0) is 112 Å². The zero-order valence-corrected chi connectivity index (χ0v) is 24.7. The fourth-order valence-electron chi connectivity index (χ4n) is 3.74. The molecule has 9 heteroatoms. The molecule has 0 radical (unpaired) electrons. The van der Waals surface area contributed by atoms with Crippen LogP contribution in [0.5, 0.6) is 0 Å². The third kappa shape index (κ3) is 6.19. The highest BCUT2D eigenvalue weighted by atomic mass is 127. The first-order valence-corrected chi connectivity index (χ1v) is 13.8. The second-order valence-electron chi connectivity index (χ2n) is 8.02. The Morgan fingerprint density at radius 2 is 1.94 bits per heavy atom. The first-order valence-electron chi connectivity index (χ1n) is 10.6. The van der Waals surface area contributed by atoms with Crippen LogP contribution in [0.3, 0.4) is 0 Å². The quantitative estimate of drug-likeness (QED) is 0.198. The van der Waals surface area contributed by atoms with Crippen LogP contribution in [0.25, 0.3) is 0 Å². The summed E-state index contributed by atoms with van der Waals surface area (Å²) in [6.45, 7) is 7.12. The smallest absolute Gasteiger partial charge is 0.165 e. The molecular formula is C23H25I3N6. The lowest BCUT2D eigenvalue weighted by Crippen LogP contribution is -2.06. The summed E-state index contributed by atoms with van der Waals surface area (Å²) >= 11 is 7.12. The number of benzene rings is 1. The Bertz CT molecular complexity index is 1150. The summed E-state index contributed by atoms with van der Waals surface area (Å²) < 4.78 is -0.119. The van der Waals surface area contributed by atoms with Crippen LogP contribution in [0.2, 0.25) is 0 Å². The number of anilines is 2. The first-order chi connectivity index (χ1) is 15.2. The second-order valence-corrected chi connectivity index (χ2v) is 19.1. The zero-order valence-electron chi connectivity index (χ0n) is 18.2. The molecule has 3 aromatic rings. The number of aliphatic imine (C=N–C) groups is 1. The number of aromatic amines is 1. The van der Waals surface area contributed by atoms with Crippen molar-refractivity contribution in [2.75, 3.05) is 11.9 Å². The molecule has 4 rings (SSSR count). The van der Waals surface area contributed by atoms with Gasteiger partial charge in [-0.3, -0.25) is 10.1 Å². The maximum Gasteiger partial charge on any atom is 0.165 e. The summed E-state index contributed by atoms with van der Waals surface area (Å²) in [6, 6.07) is 10.8. The predicted molar refractivity (Wildman–Crippen MR) is 156 cm³/mol. The van der Waals surface area contributed by atoms with E-state index in [1.807, 2.05) is 13.0 Å². The van der Waals surface area contributed by atoms with Crippen LogP contribution >= 0.6 is 67.8 Å². The topological polar surface area (TPSA) is 78.9 Å². The first kappa shape index (κ1) is 24.3. The number of hydrogen-bond donors (Lipinski definition) is 2. The number of hydrogen-bond acceptors (Lipinski definition) is 5. The van der Waals surface area contributed by atoms with Crippen molar-refractivity contribution >= 4 is 85.1 Å². The van der Waals surface area contributed by atoms with Crippen LogP contribution in [0, 0.1) is 13.8 Å². The van der Waals surface area contributed by atoms with Crippen molar-refractivity contribution < 1.29 is 0 Å². The van der Waals surface area contributed by atoms with Gasteiger partial charge in [-0.25, -0.2) is 9.97 Å². The molecular weight excluding hydrogens is 741 g/mol. The van der Waals surface area contributed by atoms with Crippen molar-refractivity contribution in [3.8, 4) is 0 Å². The van der Waals surface area contributed by atoms with Crippen molar-refractivity contribution in [2.24, 2.45) is 4.99 Å². The largest absolute Gasteiger partial charge is 0.325 e. The van der Waals surface area contributed by atoms with Gasteiger partial charge in [0.25, 0.3) is 0 Å². The molecule has 168 valence electrons. The van der Waals surface area contributed by atoms with E-state index in [1.165, 1.54) is 22.4 Å². The van der Waals surface area contributed by atoms with Gasteiger partial charge in [-0.15, -0.1) is 0 Å². The normalized spacial score (nSPS) is 17.1. The fraction of sp³-hybridized carbons (Fsp3) is 0.391. The van der Waals surface area contributed by atoms with E-state index in [0.29, 0.717) is 5.92 Å². The molecule has 2 N–H and O–H groups in total. The molecule has 2 aromatic heterocycles. The summed E-state index contributed by atoms with van der Waals surface area (Å²) in [6.07, 6.45) is 3.06. The van der Waals surface area contributed by atoms with Gasteiger partial charge in [-0.1, -0.05) is 30.7 Å². The Kier molecular flexibility index (Phi) is 7.74. The lowest BCUT2D eigenvalue weighted by Gasteiger charge is -2.13. The van der Waals surface area contributed by atoms with Crippen molar-refractivity contribution in [2.45, 2.75) is 45.4 Å². The summed E-state index contributed by atoms with van der Waals surface area (Å²) in [4.78, 5) is 13.9. The van der Waals surface area contributed by atoms with E-state index < -0.39 is 0 Å². The van der Waals surface area contributed by atoms with E-state index in [2.05, 4.69) is 131 Å². The van der Waals surface area contributed by atoms with Gasteiger partial charge in [0.1, 0.15) is 17.5 Å². The van der Waals surface area contributed by atoms with Crippen molar-refractivity contribution in [3.05, 3.63) is 64.2 Å². The minimum Gasteiger partial charge on any atom is -0.325 e. The van der Waals surface area contributed by atoms with Crippen LogP contribution in [0.15, 0.2) is 35.3 Å². The Hall–Kier alpha value is -0.830. The third-order valence-electron chi connectivity index (χ3n) is 5.44. The number of aromatic nitrogens is 4. The van der Waals surface area contributed by atoms with E-state index in [-0.39, 0.29) is -0.565 Å². The van der Waals surface area contributed by atoms with Gasteiger partial charge in [0.2, 0.25) is 0 Å². The minimum absolute atomic E-state index is 0.119. The standard InChI is InChI=1S/C23H25I3N6/c1-4-15-9-13(2)5-6-16(15)7-8-27-18-10-17(18)19-11-22(32-31-19)30-21-12-20(23(24,25)26)28-14(3)29-21/h5-6,9,11-12,17H,4,7-8,10H2,1-3H3,(H2,28,29,30,31,32)/b27-18+. The van der Waals surface area contributed by atoms with Crippen molar-refractivity contribution in [1.29, 1.82) is 0 Å². The highest BCUT2D eigenvalue weighted by molar-refractivity contribution is 14.3. The van der Waals surface area contributed by atoms with Gasteiger partial charge in [-0.2, -0.15) is 5.10 Å². The highest BCUT2D eigenvalue weighted by Gasteiger charge is 2.35. The number of nitrogens with zero attached hydrogens (tertiary/aromatic N) is 4. The van der Waals surface area contributed by atoms with Crippen LogP contribution < -0.4 is 5.32 Å². The number of H-pyrrole nitrogens is 1. The fourth-order valence-corrected chi connectivity index (χ4v) is 4.57. The van der Waals surface area contributed by atoms with Crippen molar-refractivity contribution in [3.63, 3.8) is 0 Å². The Morgan fingerprint density at radius 1 is 1.12 bits per heavy atom. The van der Waals surface area contributed by atoms with E-state index in [1.54, 1.807) is 0 Å². The van der Waals surface area contributed by atoms with Crippen LogP contribution in [0.4, 0.5) is 11.6 Å². The van der Waals surface area contributed by atoms with Crippen LogP contribution in [-0.2, 0) is 12.3 Å². The van der Waals surface area contributed by atoms with E-state index in [9.17, 15) is 0 Å². The molecule has 1 aromatic carbocycles. The molecule has 0 bridgehead atoms. The van der Waals surface area contributed by atoms with E-state index >= 15 is 0 Å². The molecule has 0 saturated heterocycles. The van der Waals surface area contributed by atoms with Crippen molar-refractivity contribution in [1.82, 2.24) is 20.2 Å². The molecule has 1 saturated carbocycles. The van der Waals surface area contributed by atoms with E-state index in [0.717, 1.165) is 54.7 Å². The van der Waals surface area contributed by atoms with Gasteiger partial charge in [0.15, 0.2) is -0.565 Å². The lowest BCUT2D eigenvalue weighted by molar-refractivity contribution is 0.936. The highest BCUT2D eigenvalue weighted by Crippen LogP contribution is 2.45. The van der Waals surface area contributed by atoms with Gasteiger partial charge in [0.05, 0.1) is 11.4 Å². The Morgan fingerprint density at radius 3 is 2.69 bits per heavy atom. The second kappa shape index (κ2) is 10.2. The number of nitrogens with one attached hydrogen (secondary N) is 2. The summed E-state index contributed by atoms with van der Waals surface area (Å²) in [7, 11) is 0. The van der Waals surface area contributed by atoms with Gasteiger partial charge >= 0.3 is 0 Å². The summed E-state index contributed by atoms with van der Waals surface area (Å²) in [5.74, 6) is 2.68. The lowest BCUT2D eigenvalue weighted by atomic mass is 10.00. The summed E-state index contributed by atoms with van der Waals surface area (Å²) in [5, 5.41) is 10.9. The van der Waals surface area contributed by atoms with Gasteiger partial charge < -0.3 is 5.32 Å². The zero-order chi connectivity index (χ0) is 22.9. The molecule has 6 nitrogen and oxygen atoms in total. The molecule has 0 amide bonds. The maximum absolute atomic E-state index is 4.85. The maximum atomic E-state index is 4.85. The van der Waals surface area contributed by atoms with E-state index in [4.69, 9.17) is 4.99 Å². The number of halogens is 3. The molecule has 32 heavy (non-hydrogen) atoms. The average molecular weight is 766 g/mol.